The van der Waals surface area contributed by atoms with Crippen molar-refractivity contribution in [2.45, 2.75) is 64.1 Å². The lowest BCUT2D eigenvalue weighted by molar-refractivity contribution is 0.0934. The second-order valence-electron chi connectivity index (χ2n) is 11.3. The Morgan fingerprint density at radius 2 is 1.93 bits per heavy atom. The molecule has 0 spiro atoms. The lowest BCUT2D eigenvalue weighted by Crippen LogP contribution is -2.46. The minimum absolute atomic E-state index is 0.0534. The lowest BCUT2D eigenvalue weighted by Gasteiger charge is -2.33. The van der Waals surface area contributed by atoms with E-state index in [1.807, 2.05) is 19.1 Å². The summed E-state index contributed by atoms with van der Waals surface area (Å²) < 4.78 is 15.5. The maximum absolute atomic E-state index is 14.6. The third-order valence-electron chi connectivity index (χ3n) is 8.54. The first-order valence-corrected chi connectivity index (χ1v) is 15.3. The second kappa shape index (κ2) is 10.6. The van der Waals surface area contributed by atoms with Crippen molar-refractivity contribution in [3.05, 3.63) is 53.6 Å². The van der Waals surface area contributed by atoms with Crippen LogP contribution in [0.1, 0.15) is 55.1 Å². The number of amides is 1. The summed E-state index contributed by atoms with van der Waals surface area (Å²) in [5, 5.41) is 7.03. The first kappa shape index (κ1) is 26.2. The molecule has 9 nitrogen and oxygen atoms in total. The van der Waals surface area contributed by atoms with Crippen LogP contribution in [0.25, 0.3) is 20.8 Å². The van der Waals surface area contributed by atoms with Crippen LogP contribution in [0.4, 0.5) is 22.0 Å². The number of piperazine rings is 1. The largest absolute Gasteiger partial charge is 0.349 e. The van der Waals surface area contributed by atoms with Crippen molar-refractivity contribution in [2.75, 3.05) is 29.9 Å². The van der Waals surface area contributed by atoms with E-state index in [4.69, 9.17) is 15.0 Å². The number of nitrogens with one attached hydrogen (secondary N) is 2. The molecule has 11 heteroatoms. The topological polar surface area (TPSA) is 99.2 Å². The molecule has 0 radical (unpaired) electrons. The van der Waals surface area contributed by atoms with Gasteiger partial charge < -0.3 is 15.5 Å². The van der Waals surface area contributed by atoms with Gasteiger partial charge in [-0.15, -0.1) is 11.3 Å². The number of benzene rings is 1. The lowest BCUT2D eigenvalue weighted by atomic mass is 10.1. The van der Waals surface area contributed by atoms with Crippen LogP contribution in [0.3, 0.4) is 0 Å². The Kier molecular flexibility index (Phi) is 6.78. The maximum Gasteiger partial charge on any atom is 0.254 e. The van der Waals surface area contributed by atoms with Crippen LogP contribution in [0, 0.1) is 12.7 Å². The van der Waals surface area contributed by atoms with Gasteiger partial charge in [0, 0.05) is 60.8 Å². The number of likely N-dealkylation sites (N-methyl/N-ethyl adjacent to an activating group) is 1. The zero-order valence-corrected chi connectivity index (χ0v) is 24.0. The van der Waals surface area contributed by atoms with Crippen molar-refractivity contribution in [1.82, 2.24) is 30.2 Å². The van der Waals surface area contributed by atoms with E-state index in [9.17, 15) is 9.18 Å². The molecule has 2 atom stereocenters. The Bertz CT molecular complexity index is 1620. The number of halogens is 1. The van der Waals surface area contributed by atoms with Crippen molar-refractivity contribution < 1.29 is 9.18 Å². The molecular weight excluding hydrogens is 539 g/mol. The number of hydrogen-bond donors (Lipinski definition) is 2. The summed E-state index contributed by atoms with van der Waals surface area (Å²) in [6, 6.07) is 9.58. The number of carbonyl (C=O) groups is 1. The van der Waals surface area contributed by atoms with Gasteiger partial charge in [-0.25, -0.2) is 19.3 Å². The highest BCUT2D eigenvalue weighted by Gasteiger charge is 2.43. The van der Waals surface area contributed by atoms with Gasteiger partial charge in [-0.3, -0.25) is 9.69 Å². The van der Waals surface area contributed by atoms with E-state index in [2.05, 4.69) is 32.3 Å². The zero-order chi connectivity index (χ0) is 28.1. The predicted molar refractivity (Wildman–Crippen MR) is 159 cm³/mol. The van der Waals surface area contributed by atoms with E-state index < -0.39 is 5.82 Å². The molecule has 3 aliphatic rings. The molecule has 3 aromatic heterocycles. The van der Waals surface area contributed by atoms with E-state index in [1.54, 1.807) is 18.3 Å². The first-order valence-electron chi connectivity index (χ1n) is 14.4. The molecule has 41 heavy (non-hydrogen) atoms. The molecule has 2 aliphatic heterocycles. The number of fused-ring (bicyclic) bond motifs is 3. The van der Waals surface area contributed by atoms with Gasteiger partial charge in [-0.1, -0.05) is 19.8 Å². The number of rotatable bonds is 7. The van der Waals surface area contributed by atoms with Gasteiger partial charge in [-0.05, 0) is 50.9 Å². The Balaban J connectivity index is 1.10. The SMILES string of the molecule is CCN1C[C@@H]2C[C@H]1CN2c1nc(C)cc(Nc2cc3nc(-c4ccc(F)c(C(=O)NC5CCCC5)c4)sc3cn2)n1. The second-order valence-corrected chi connectivity index (χ2v) is 12.3. The average molecular weight is 573 g/mol. The summed E-state index contributed by atoms with van der Waals surface area (Å²) in [7, 11) is 0. The van der Waals surface area contributed by atoms with Crippen molar-refractivity contribution in [3.8, 4) is 10.6 Å². The number of anilines is 3. The third kappa shape index (κ3) is 5.12. The summed E-state index contributed by atoms with van der Waals surface area (Å²) >= 11 is 1.46. The predicted octanol–water partition coefficient (Wildman–Crippen LogP) is 5.29. The fraction of sp³-hybridized carbons (Fsp3) is 0.433. The van der Waals surface area contributed by atoms with Crippen LogP contribution in [-0.4, -0.2) is 68.5 Å². The van der Waals surface area contributed by atoms with E-state index >= 15 is 0 Å². The Hall–Kier alpha value is -3.70. The third-order valence-corrected chi connectivity index (χ3v) is 9.59. The molecule has 1 aromatic carbocycles. The molecule has 1 saturated carbocycles. The van der Waals surface area contributed by atoms with Crippen LogP contribution in [0.2, 0.25) is 0 Å². The van der Waals surface area contributed by atoms with Crippen molar-refractivity contribution >= 4 is 45.0 Å². The monoisotopic (exact) mass is 572 g/mol. The summed E-state index contributed by atoms with van der Waals surface area (Å²) in [6.07, 6.45) is 7.03. The molecule has 4 aromatic rings. The highest BCUT2D eigenvalue weighted by atomic mass is 32.1. The smallest absolute Gasteiger partial charge is 0.254 e. The minimum Gasteiger partial charge on any atom is -0.349 e. The molecule has 1 amide bonds. The fourth-order valence-electron chi connectivity index (χ4n) is 6.45. The highest BCUT2D eigenvalue weighted by Crippen LogP contribution is 2.35. The van der Waals surface area contributed by atoms with Gasteiger partial charge in [0.15, 0.2) is 0 Å². The summed E-state index contributed by atoms with van der Waals surface area (Å²) in [6.45, 7) is 7.31. The van der Waals surface area contributed by atoms with Gasteiger partial charge in [0.1, 0.15) is 22.5 Å². The molecule has 2 N–H and O–H groups in total. The van der Waals surface area contributed by atoms with Gasteiger partial charge in [-0.2, -0.15) is 4.98 Å². The van der Waals surface area contributed by atoms with Crippen LogP contribution in [0.5, 0.6) is 0 Å². The van der Waals surface area contributed by atoms with E-state index in [0.717, 1.165) is 67.2 Å². The number of thiazole rings is 1. The normalized spacial score (nSPS) is 20.8. The molecule has 212 valence electrons. The molecule has 3 fully saturated rings. The first-order chi connectivity index (χ1) is 19.9. The van der Waals surface area contributed by atoms with Crippen molar-refractivity contribution in [1.29, 1.82) is 0 Å². The van der Waals surface area contributed by atoms with Gasteiger partial charge in [0.25, 0.3) is 5.91 Å². The van der Waals surface area contributed by atoms with Crippen molar-refractivity contribution in [2.24, 2.45) is 0 Å². The maximum atomic E-state index is 14.6. The molecule has 2 bridgehead atoms. The summed E-state index contributed by atoms with van der Waals surface area (Å²) in [5.74, 6) is 1.20. The molecule has 7 rings (SSSR count). The number of carbonyl (C=O) groups excluding carboxylic acids is 1. The minimum atomic E-state index is -0.525. The van der Waals surface area contributed by atoms with Crippen LogP contribution in [-0.2, 0) is 0 Å². The number of nitrogens with zero attached hydrogens (tertiary/aromatic N) is 6. The Labute approximate surface area is 242 Å². The number of hydrogen-bond acceptors (Lipinski definition) is 9. The van der Waals surface area contributed by atoms with Crippen LogP contribution < -0.4 is 15.5 Å². The zero-order valence-electron chi connectivity index (χ0n) is 23.2. The standard InChI is InChI=1S/C30H33FN8OS/c1-3-38-15-21-12-20(38)16-39(21)30-33-17(2)10-27(37-30)36-26-13-24-25(14-32-26)41-29(35-24)18-8-9-23(31)22(11-18)28(40)34-19-6-4-5-7-19/h8-11,13-14,19-21H,3-7,12,15-16H2,1-2H3,(H,34,40)(H,32,33,36,37)/t20-,21-/m0/s1. The van der Waals surface area contributed by atoms with Crippen molar-refractivity contribution in [3.63, 3.8) is 0 Å². The average Bonchev–Trinajstić information content (AvgIpc) is 3.77. The highest BCUT2D eigenvalue weighted by molar-refractivity contribution is 7.21. The molecular formula is C30H33FN8OS. The Morgan fingerprint density at radius 1 is 1.07 bits per heavy atom. The summed E-state index contributed by atoms with van der Waals surface area (Å²) in [4.78, 5) is 36.6. The van der Waals surface area contributed by atoms with Crippen LogP contribution >= 0.6 is 11.3 Å². The van der Waals surface area contributed by atoms with E-state index in [0.29, 0.717) is 34.3 Å². The number of likely N-dealkylation sites (tertiary alicyclic amines) is 1. The van der Waals surface area contributed by atoms with Crippen LogP contribution in [0.15, 0.2) is 36.5 Å². The van der Waals surface area contributed by atoms with Gasteiger partial charge in [0.2, 0.25) is 5.95 Å². The fourth-order valence-corrected chi connectivity index (χ4v) is 7.36. The van der Waals surface area contributed by atoms with E-state index in [1.165, 1.54) is 23.8 Å². The van der Waals surface area contributed by atoms with E-state index in [-0.39, 0.29) is 17.5 Å². The quantitative estimate of drug-likeness (QED) is 0.308. The molecule has 0 unspecified atom stereocenters. The number of aromatic nitrogens is 4. The number of aryl methyl sites for hydroxylation is 1. The molecule has 5 heterocycles. The molecule has 1 aliphatic carbocycles. The number of pyridine rings is 1. The van der Waals surface area contributed by atoms with Gasteiger partial charge in [0.05, 0.1) is 15.8 Å². The van der Waals surface area contributed by atoms with Gasteiger partial charge >= 0.3 is 0 Å². The molecule has 2 saturated heterocycles. The summed E-state index contributed by atoms with van der Waals surface area (Å²) in [5.41, 5.74) is 2.43. The Morgan fingerprint density at radius 3 is 2.71 bits per heavy atom.